The Morgan fingerprint density at radius 2 is 1.18 bits per heavy atom. The van der Waals surface area contributed by atoms with Crippen LogP contribution >= 0.6 is 0 Å². The van der Waals surface area contributed by atoms with Crippen molar-refractivity contribution in [2.75, 3.05) is 4.90 Å². The lowest BCUT2D eigenvalue weighted by molar-refractivity contribution is -0.128. The van der Waals surface area contributed by atoms with Gasteiger partial charge in [0.1, 0.15) is 24.2 Å². The van der Waals surface area contributed by atoms with Gasteiger partial charge < -0.3 is 37.0 Å². The maximum atomic E-state index is 13.8. The maximum Gasteiger partial charge on any atom is 0.243 e. The predicted octanol–water partition coefficient (Wildman–Crippen LogP) is 1.81. The number of hydrogen-bond donors (Lipinski definition) is 6. The first-order valence-corrected chi connectivity index (χ1v) is 14.8. The van der Waals surface area contributed by atoms with Crippen molar-refractivity contribution in [1.29, 1.82) is 0 Å². The lowest BCUT2D eigenvalue weighted by atomic mass is 10.0. The van der Waals surface area contributed by atoms with Crippen molar-refractivity contribution in [1.82, 2.24) is 25.6 Å². The molecule has 3 aromatic heterocycles. The van der Waals surface area contributed by atoms with Crippen molar-refractivity contribution in [3.8, 4) is 0 Å². The molecule has 0 saturated carbocycles. The van der Waals surface area contributed by atoms with Gasteiger partial charge in [0.25, 0.3) is 0 Å². The zero-order valence-corrected chi connectivity index (χ0v) is 24.4. The number of pyridine rings is 1. The van der Waals surface area contributed by atoms with E-state index in [2.05, 4.69) is 25.6 Å². The van der Waals surface area contributed by atoms with E-state index in [1.54, 1.807) is 41.8 Å². The van der Waals surface area contributed by atoms with Crippen LogP contribution in [0.2, 0.25) is 0 Å². The summed E-state index contributed by atoms with van der Waals surface area (Å²) < 4.78 is 0. The third-order valence-corrected chi connectivity index (χ3v) is 8.47. The number of aromatic nitrogens is 3. The number of aromatic amines is 2. The summed E-state index contributed by atoms with van der Waals surface area (Å²) in [6.45, 7) is 0. The van der Waals surface area contributed by atoms with E-state index in [-0.39, 0.29) is 12.8 Å². The van der Waals surface area contributed by atoms with Crippen LogP contribution in [-0.2, 0) is 32.0 Å². The van der Waals surface area contributed by atoms with Gasteiger partial charge in [-0.1, -0.05) is 36.4 Å². The normalized spacial score (nSPS) is 17.6. The van der Waals surface area contributed by atoms with E-state index in [9.17, 15) is 19.2 Å². The largest absolute Gasteiger partial charge is 0.368 e. The van der Waals surface area contributed by atoms with Crippen molar-refractivity contribution in [3.63, 3.8) is 0 Å². The lowest BCUT2D eigenvalue weighted by Gasteiger charge is -2.32. The predicted molar refractivity (Wildman–Crippen MR) is 170 cm³/mol. The summed E-state index contributed by atoms with van der Waals surface area (Å²) in [7, 11) is 0. The number of H-pyrrole nitrogens is 2. The number of carbonyl (C=O) groups is 4. The Hall–Kier alpha value is -5.65. The van der Waals surface area contributed by atoms with Crippen molar-refractivity contribution in [2.45, 2.75) is 49.9 Å². The highest BCUT2D eigenvalue weighted by Gasteiger charge is 2.43. The first kappa shape index (κ1) is 29.4. The fourth-order valence-electron chi connectivity index (χ4n) is 6.22. The van der Waals surface area contributed by atoms with Gasteiger partial charge in [0.2, 0.25) is 23.6 Å². The summed E-state index contributed by atoms with van der Waals surface area (Å²) in [6.07, 6.45) is 7.81. The monoisotopic (exact) mass is 606 g/mol. The molecule has 4 heterocycles. The zero-order chi connectivity index (χ0) is 31.5. The fourth-order valence-corrected chi connectivity index (χ4v) is 6.22. The highest BCUT2D eigenvalue weighted by Crippen LogP contribution is 2.31. The number of fused-ring (bicyclic) bond motifs is 2. The number of para-hydroxylation sites is 2. The summed E-state index contributed by atoms with van der Waals surface area (Å²) in [5.74, 6) is -2.21. The molecule has 12 heteroatoms. The van der Waals surface area contributed by atoms with Gasteiger partial charge in [0.15, 0.2) is 0 Å². The average Bonchev–Trinajstić information content (AvgIpc) is 3.78. The van der Waals surface area contributed by atoms with Gasteiger partial charge in [-0.3, -0.25) is 24.2 Å². The first-order chi connectivity index (χ1) is 21.8. The fraction of sp³-hybridized carbons (Fsp3) is 0.242. The number of nitrogens with zero attached hydrogens (tertiary/aromatic N) is 2. The molecule has 4 atom stereocenters. The van der Waals surface area contributed by atoms with Gasteiger partial charge >= 0.3 is 0 Å². The molecule has 5 aromatic rings. The van der Waals surface area contributed by atoms with Crippen LogP contribution in [0.15, 0.2) is 85.5 Å². The molecule has 1 aliphatic rings. The average molecular weight is 607 g/mol. The molecule has 8 N–H and O–H groups in total. The van der Waals surface area contributed by atoms with Gasteiger partial charge in [0, 0.05) is 65.1 Å². The van der Waals surface area contributed by atoms with Crippen molar-refractivity contribution in [2.24, 2.45) is 11.5 Å². The molecular weight excluding hydrogens is 572 g/mol. The van der Waals surface area contributed by atoms with Crippen LogP contribution in [0.1, 0.15) is 24.0 Å². The molecule has 4 amide bonds. The van der Waals surface area contributed by atoms with Gasteiger partial charge in [-0.2, -0.15) is 0 Å². The second-order valence-corrected chi connectivity index (χ2v) is 11.3. The first-order valence-electron chi connectivity index (χ1n) is 14.8. The minimum absolute atomic E-state index is 0.200. The van der Waals surface area contributed by atoms with Crippen molar-refractivity contribution < 1.29 is 19.2 Å². The molecule has 0 aliphatic carbocycles. The van der Waals surface area contributed by atoms with Crippen LogP contribution in [-0.4, -0.2) is 62.7 Å². The van der Waals surface area contributed by atoms with Crippen LogP contribution in [0.25, 0.3) is 21.8 Å². The Kier molecular flexibility index (Phi) is 8.19. The smallest absolute Gasteiger partial charge is 0.243 e. The topological polar surface area (TPSA) is 192 Å². The van der Waals surface area contributed by atoms with Crippen LogP contribution < -0.4 is 27.0 Å². The Bertz CT molecular complexity index is 1750. The van der Waals surface area contributed by atoms with Gasteiger partial charge in [-0.15, -0.1) is 0 Å². The SMILES string of the molecule is NC(=O)[C@H](Cc1c[nH]c2ccccc12)NC(=O)[C@@H]1CC[C@@H](C(=O)N[C@@H](Cc2c[nH]c3ccccc23)C(N)=O)N1c1ccncc1. The zero-order valence-electron chi connectivity index (χ0n) is 24.4. The quantitative estimate of drug-likeness (QED) is 0.133. The number of rotatable bonds is 11. The Balaban J connectivity index is 1.21. The van der Waals surface area contributed by atoms with E-state index in [1.807, 2.05) is 48.5 Å². The summed E-state index contributed by atoms with van der Waals surface area (Å²) in [5.41, 5.74) is 15.6. The number of hydrogen-bond acceptors (Lipinski definition) is 6. The Morgan fingerprint density at radius 1 is 0.733 bits per heavy atom. The van der Waals surface area contributed by atoms with Crippen LogP contribution in [0.4, 0.5) is 5.69 Å². The van der Waals surface area contributed by atoms with Crippen LogP contribution in [0, 0.1) is 0 Å². The molecular formula is C33H34N8O4. The molecule has 1 saturated heterocycles. The van der Waals surface area contributed by atoms with E-state index in [0.29, 0.717) is 18.5 Å². The molecule has 0 spiro atoms. The number of benzene rings is 2. The van der Waals surface area contributed by atoms with Crippen molar-refractivity contribution in [3.05, 3.63) is 96.6 Å². The number of primary amides is 2. The minimum atomic E-state index is -0.973. The van der Waals surface area contributed by atoms with E-state index in [1.165, 1.54) is 0 Å². The summed E-state index contributed by atoms with van der Waals surface area (Å²) >= 11 is 0. The number of anilines is 1. The summed E-state index contributed by atoms with van der Waals surface area (Å²) in [6, 6.07) is 15.2. The summed E-state index contributed by atoms with van der Waals surface area (Å²) in [4.78, 5) is 64.7. The van der Waals surface area contributed by atoms with Gasteiger partial charge in [0.05, 0.1) is 0 Å². The molecule has 0 radical (unpaired) electrons. The molecule has 45 heavy (non-hydrogen) atoms. The third-order valence-electron chi connectivity index (χ3n) is 8.47. The van der Waals surface area contributed by atoms with E-state index < -0.39 is 47.8 Å². The third kappa shape index (κ3) is 6.07. The molecule has 230 valence electrons. The molecule has 1 fully saturated rings. The van der Waals surface area contributed by atoms with Crippen LogP contribution in [0.3, 0.4) is 0 Å². The molecule has 6 rings (SSSR count). The molecule has 12 nitrogen and oxygen atoms in total. The van der Waals surface area contributed by atoms with E-state index in [0.717, 1.165) is 32.9 Å². The van der Waals surface area contributed by atoms with Gasteiger partial charge in [-0.05, 0) is 48.2 Å². The van der Waals surface area contributed by atoms with Crippen LogP contribution in [0.5, 0.6) is 0 Å². The molecule has 0 bridgehead atoms. The Labute approximate surface area is 258 Å². The summed E-state index contributed by atoms with van der Waals surface area (Å²) in [5, 5.41) is 7.54. The number of amides is 4. The molecule has 0 unspecified atom stereocenters. The van der Waals surface area contributed by atoms with Crippen molar-refractivity contribution >= 4 is 51.1 Å². The standard InChI is InChI=1S/C33H34N8O4/c34-30(42)26(15-19-17-37-24-7-3-1-5-22(19)24)39-32(44)28-9-10-29(41(28)21-11-13-36-14-12-21)33(45)40-27(31(35)43)16-20-18-38-25-8-4-2-6-23(20)25/h1-8,11-14,17-18,26-29,37-38H,9-10,15-16H2,(H2,34,42)(H2,35,43)(H,39,44)(H,40,45)/t26-,27-,28-,29-/m0/s1. The number of nitrogens with one attached hydrogen (secondary N) is 4. The highest BCUT2D eigenvalue weighted by atomic mass is 16.2. The highest BCUT2D eigenvalue weighted by molar-refractivity contribution is 5.97. The van der Waals surface area contributed by atoms with Gasteiger partial charge in [-0.25, -0.2) is 0 Å². The number of nitrogens with two attached hydrogens (primary N) is 2. The van der Waals surface area contributed by atoms with E-state index in [4.69, 9.17) is 11.5 Å². The second kappa shape index (κ2) is 12.5. The Morgan fingerprint density at radius 3 is 1.62 bits per heavy atom. The lowest BCUT2D eigenvalue weighted by Crippen LogP contribution is -2.56. The maximum absolute atomic E-state index is 13.8. The number of carbonyl (C=O) groups excluding carboxylic acids is 4. The second-order valence-electron chi connectivity index (χ2n) is 11.3. The molecule has 2 aromatic carbocycles. The minimum Gasteiger partial charge on any atom is -0.368 e. The molecule has 1 aliphatic heterocycles. The van der Waals surface area contributed by atoms with E-state index >= 15 is 0 Å².